The minimum absolute atomic E-state index is 0.0589. The third-order valence-electron chi connectivity index (χ3n) is 4.82. The topological polar surface area (TPSA) is 54.4 Å². The molecule has 1 unspecified atom stereocenters. The molecule has 0 fully saturated rings. The molecule has 0 aliphatic carbocycles. The average Bonchev–Trinajstić information content (AvgIpc) is 2.67. The first-order chi connectivity index (χ1) is 13.0. The van der Waals surface area contributed by atoms with Crippen molar-refractivity contribution in [3.63, 3.8) is 0 Å². The summed E-state index contributed by atoms with van der Waals surface area (Å²) >= 11 is 5.91. The molecule has 2 aromatic carbocycles. The average molecular weight is 387 g/mol. The number of hydrogen-bond donors (Lipinski definition) is 1. The van der Waals surface area contributed by atoms with Gasteiger partial charge in [-0.1, -0.05) is 87.0 Å². The molecule has 0 aromatic heterocycles. The summed E-state index contributed by atoms with van der Waals surface area (Å²) in [4.78, 5) is 24.0. The minimum Gasteiger partial charge on any atom is -0.481 e. The number of hydrogen-bond acceptors (Lipinski definition) is 2. The van der Waals surface area contributed by atoms with Crippen molar-refractivity contribution in [1.82, 2.24) is 0 Å². The molecule has 0 saturated carbocycles. The van der Waals surface area contributed by atoms with Crippen LogP contribution in [0, 0.1) is 5.92 Å². The lowest BCUT2D eigenvalue weighted by Gasteiger charge is -2.12. The van der Waals surface area contributed by atoms with Gasteiger partial charge in [-0.2, -0.15) is 0 Å². The number of benzene rings is 2. The highest BCUT2D eigenvalue weighted by molar-refractivity contribution is 6.30. The number of rotatable bonds is 11. The molecule has 27 heavy (non-hydrogen) atoms. The molecule has 0 amide bonds. The summed E-state index contributed by atoms with van der Waals surface area (Å²) in [5.41, 5.74) is 2.58. The summed E-state index contributed by atoms with van der Waals surface area (Å²) in [6.07, 6.45) is 5.98. The Hall–Kier alpha value is -2.13. The standard InChI is InChI=1S/C23H27ClO3/c1-2-3-4-5-6-7-20(23(26)27)16-22(25)19-10-8-17(9-11-19)18-12-14-21(24)15-13-18/h8-15,20H,2-7,16H2,1H3,(H,26,27). The quantitative estimate of drug-likeness (QED) is 0.347. The fourth-order valence-electron chi connectivity index (χ4n) is 3.14. The van der Waals surface area contributed by atoms with Crippen molar-refractivity contribution in [2.24, 2.45) is 5.92 Å². The van der Waals surface area contributed by atoms with Gasteiger partial charge in [0.25, 0.3) is 0 Å². The molecular weight excluding hydrogens is 360 g/mol. The molecule has 0 heterocycles. The Balaban J connectivity index is 1.94. The Labute approximate surface area is 166 Å². The molecule has 0 aliphatic heterocycles. The van der Waals surface area contributed by atoms with E-state index in [4.69, 9.17) is 11.6 Å². The summed E-state index contributed by atoms with van der Waals surface area (Å²) in [5, 5.41) is 10.1. The molecule has 3 nitrogen and oxygen atoms in total. The maximum atomic E-state index is 12.5. The molecule has 2 aromatic rings. The summed E-state index contributed by atoms with van der Waals surface area (Å²) in [5.74, 6) is -1.59. The van der Waals surface area contributed by atoms with Crippen LogP contribution in [0.1, 0.15) is 62.2 Å². The zero-order chi connectivity index (χ0) is 19.6. The van der Waals surface area contributed by atoms with E-state index in [2.05, 4.69) is 6.92 Å². The van der Waals surface area contributed by atoms with Crippen LogP contribution >= 0.6 is 11.6 Å². The summed E-state index contributed by atoms with van der Waals surface area (Å²) in [7, 11) is 0. The lowest BCUT2D eigenvalue weighted by atomic mass is 9.92. The van der Waals surface area contributed by atoms with Crippen molar-refractivity contribution in [3.05, 3.63) is 59.1 Å². The van der Waals surface area contributed by atoms with Crippen LogP contribution in [-0.4, -0.2) is 16.9 Å². The van der Waals surface area contributed by atoms with Gasteiger partial charge in [-0.05, 0) is 29.7 Å². The van der Waals surface area contributed by atoms with Crippen LogP contribution in [0.4, 0.5) is 0 Å². The van der Waals surface area contributed by atoms with Crippen molar-refractivity contribution in [3.8, 4) is 11.1 Å². The number of Topliss-reactive ketones (excluding diaryl/α,β-unsaturated/α-hetero) is 1. The highest BCUT2D eigenvalue weighted by atomic mass is 35.5. The molecule has 2 rings (SSSR count). The van der Waals surface area contributed by atoms with Crippen LogP contribution in [0.3, 0.4) is 0 Å². The number of halogens is 1. The second kappa shape index (κ2) is 10.9. The molecule has 0 bridgehead atoms. The number of aliphatic carboxylic acids is 1. The maximum absolute atomic E-state index is 12.5. The van der Waals surface area contributed by atoms with E-state index in [9.17, 15) is 14.7 Å². The molecule has 0 saturated heterocycles. The van der Waals surface area contributed by atoms with Crippen molar-refractivity contribution in [2.75, 3.05) is 0 Å². The van der Waals surface area contributed by atoms with Crippen LogP contribution in [0.2, 0.25) is 5.02 Å². The van der Waals surface area contributed by atoms with E-state index in [0.29, 0.717) is 17.0 Å². The summed E-state index contributed by atoms with van der Waals surface area (Å²) in [6.45, 7) is 2.15. The van der Waals surface area contributed by atoms with Gasteiger partial charge in [-0.3, -0.25) is 9.59 Å². The minimum atomic E-state index is -0.878. The Morgan fingerprint density at radius 3 is 2.00 bits per heavy atom. The van der Waals surface area contributed by atoms with Gasteiger partial charge in [0.1, 0.15) is 0 Å². The number of carbonyl (C=O) groups is 2. The predicted molar refractivity (Wildman–Crippen MR) is 110 cm³/mol. The van der Waals surface area contributed by atoms with Gasteiger partial charge in [0.15, 0.2) is 5.78 Å². The molecule has 0 aliphatic rings. The first-order valence-corrected chi connectivity index (χ1v) is 10.0. The monoisotopic (exact) mass is 386 g/mol. The van der Waals surface area contributed by atoms with Gasteiger partial charge in [0.05, 0.1) is 5.92 Å². The largest absolute Gasteiger partial charge is 0.481 e. The Bertz CT molecular complexity index is 735. The second-order valence-electron chi connectivity index (χ2n) is 6.95. The van der Waals surface area contributed by atoms with Crippen molar-refractivity contribution >= 4 is 23.4 Å². The Kier molecular flexibility index (Phi) is 8.53. The first-order valence-electron chi connectivity index (χ1n) is 9.63. The SMILES string of the molecule is CCCCCCCC(CC(=O)c1ccc(-c2ccc(Cl)cc2)cc1)C(=O)O. The summed E-state index contributed by atoms with van der Waals surface area (Å²) < 4.78 is 0. The maximum Gasteiger partial charge on any atom is 0.306 e. The summed E-state index contributed by atoms with van der Waals surface area (Å²) in [6, 6.07) is 14.8. The third kappa shape index (κ3) is 6.84. The zero-order valence-corrected chi connectivity index (χ0v) is 16.5. The Morgan fingerprint density at radius 1 is 0.889 bits per heavy atom. The lowest BCUT2D eigenvalue weighted by molar-refractivity contribution is -0.141. The highest BCUT2D eigenvalue weighted by Crippen LogP contribution is 2.23. The fourth-order valence-corrected chi connectivity index (χ4v) is 3.27. The van der Waals surface area contributed by atoms with Gasteiger partial charge in [-0.25, -0.2) is 0 Å². The molecule has 4 heteroatoms. The highest BCUT2D eigenvalue weighted by Gasteiger charge is 2.21. The van der Waals surface area contributed by atoms with Crippen LogP contribution in [0.5, 0.6) is 0 Å². The molecular formula is C23H27ClO3. The van der Waals surface area contributed by atoms with E-state index in [0.717, 1.165) is 36.8 Å². The Morgan fingerprint density at radius 2 is 1.44 bits per heavy atom. The number of carboxylic acid groups (broad SMARTS) is 1. The smallest absolute Gasteiger partial charge is 0.306 e. The first kappa shape index (κ1) is 21.2. The zero-order valence-electron chi connectivity index (χ0n) is 15.8. The lowest BCUT2D eigenvalue weighted by Crippen LogP contribution is -2.18. The van der Waals surface area contributed by atoms with Crippen molar-refractivity contribution < 1.29 is 14.7 Å². The molecule has 144 valence electrons. The van der Waals surface area contributed by atoms with E-state index in [1.54, 1.807) is 12.1 Å². The van der Waals surface area contributed by atoms with Crippen molar-refractivity contribution in [2.45, 2.75) is 51.9 Å². The van der Waals surface area contributed by atoms with Gasteiger partial charge < -0.3 is 5.11 Å². The molecule has 1 N–H and O–H groups in total. The number of unbranched alkanes of at least 4 members (excludes halogenated alkanes) is 4. The van der Waals surface area contributed by atoms with E-state index in [-0.39, 0.29) is 12.2 Å². The van der Waals surface area contributed by atoms with Gasteiger partial charge in [0.2, 0.25) is 0 Å². The van der Waals surface area contributed by atoms with E-state index in [1.807, 2.05) is 36.4 Å². The second-order valence-corrected chi connectivity index (χ2v) is 7.39. The van der Waals surface area contributed by atoms with Gasteiger partial charge in [0, 0.05) is 17.0 Å². The van der Waals surface area contributed by atoms with Crippen molar-refractivity contribution in [1.29, 1.82) is 0 Å². The van der Waals surface area contributed by atoms with E-state index in [1.165, 1.54) is 6.42 Å². The molecule has 0 radical (unpaired) electrons. The predicted octanol–water partition coefficient (Wildman–Crippen LogP) is 6.64. The fraction of sp³-hybridized carbons (Fsp3) is 0.391. The van der Waals surface area contributed by atoms with Crippen LogP contribution in [0.25, 0.3) is 11.1 Å². The van der Waals surface area contributed by atoms with Crippen LogP contribution in [-0.2, 0) is 4.79 Å². The molecule has 1 atom stereocenters. The van der Waals surface area contributed by atoms with Gasteiger partial charge in [-0.15, -0.1) is 0 Å². The van der Waals surface area contributed by atoms with Crippen LogP contribution in [0.15, 0.2) is 48.5 Å². The number of ketones is 1. The number of carbonyl (C=O) groups excluding carboxylic acids is 1. The van der Waals surface area contributed by atoms with Gasteiger partial charge >= 0.3 is 5.97 Å². The number of carboxylic acids is 1. The van der Waals surface area contributed by atoms with Crippen LogP contribution < -0.4 is 0 Å². The normalized spacial score (nSPS) is 11.9. The third-order valence-corrected chi connectivity index (χ3v) is 5.07. The van der Waals surface area contributed by atoms with E-state index >= 15 is 0 Å². The molecule has 0 spiro atoms. The van der Waals surface area contributed by atoms with E-state index < -0.39 is 11.9 Å².